The van der Waals surface area contributed by atoms with E-state index in [1.54, 1.807) is 24.3 Å². The number of aryl methyl sites for hydroxylation is 1. The lowest BCUT2D eigenvalue weighted by atomic mass is 9.93. The first-order valence-electron chi connectivity index (χ1n) is 8.04. The van der Waals surface area contributed by atoms with Gasteiger partial charge in [0.05, 0.1) is 27.4 Å². The molecule has 0 radical (unpaired) electrons. The quantitative estimate of drug-likeness (QED) is 0.633. The van der Waals surface area contributed by atoms with E-state index in [1.807, 2.05) is 12.1 Å². The van der Waals surface area contributed by atoms with E-state index in [1.165, 1.54) is 0 Å². The number of aliphatic hydroxyl groups excluding tert-OH is 1. The van der Waals surface area contributed by atoms with Crippen molar-refractivity contribution in [1.29, 1.82) is 0 Å². The maximum absolute atomic E-state index is 12.6. The Bertz CT molecular complexity index is 960. The van der Waals surface area contributed by atoms with Gasteiger partial charge in [0.2, 0.25) is 0 Å². The molecular formula is C19H15Cl2NO3. The van der Waals surface area contributed by atoms with Gasteiger partial charge in [-0.1, -0.05) is 41.4 Å². The molecule has 1 atom stereocenters. The van der Waals surface area contributed by atoms with Crippen LogP contribution in [-0.4, -0.2) is 11.0 Å². The molecule has 1 aliphatic rings. The molecule has 0 spiro atoms. The molecule has 0 bridgehead atoms. The van der Waals surface area contributed by atoms with Gasteiger partial charge < -0.3 is 14.8 Å². The summed E-state index contributed by atoms with van der Waals surface area (Å²) in [6.45, 7) is 0. The summed E-state index contributed by atoms with van der Waals surface area (Å²) in [6, 6.07) is 10.4. The summed E-state index contributed by atoms with van der Waals surface area (Å²) in [6.07, 6.45) is 1.84. The highest BCUT2D eigenvalue weighted by atomic mass is 35.5. The average Bonchev–Trinajstić information content (AvgIpc) is 2.96. The third-order valence-electron chi connectivity index (χ3n) is 4.48. The Morgan fingerprint density at radius 1 is 1.16 bits per heavy atom. The first-order valence-corrected chi connectivity index (χ1v) is 8.79. The van der Waals surface area contributed by atoms with E-state index in [-0.39, 0.29) is 15.6 Å². The van der Waals surface area contributed by atoms with E-state index in [2.05, 4.69) is 5.32 Å². The molecule has 0 aliphatic heterocycles. The highest BCUT2D eigenvalue weighted by Gasteiger charge is 2.26. The summed E-state index contributed by atoms with van der Waals surface area (Å²) in [7, 11) is 0. The molecule has 1 heterocycles. The summed E-state index contributed by atoms with van der Waals surface area (Å²) >= 11 is 12.2. The van der Waals surface area contributed by atoms with Gasteiger partial charge in [0.1, 0.15) is 5.76 Å². The van der Waals surface area contributed by atoms with E-state index >= 15 is 0 Å². The Balaban J connectivity index is 1.77. The van der Waals surface area contributed by atoms with Crippen LogP contribution in [0.1, 0.15) is 40.6 Å². The molecule has 2 N–H and O–H groups in total. The lowest BCUT2D eigenvalue weighted by molar-refractivity contribution is 0.102. The summed E-state index contributed by atoms with van der Waals surface area (Å²) in [5, 5.41) is 14.5. The molecule has 1 aliphatic carbocycles. The van der Waals surface area contributed by atoms with Crippen molar-refractivity contribution in [3.05, 3.63) is 63.3 Å². The Labute approximate surface area is 154 Å². The molecule has 1 aromatic heterocycles. The minimum atomic E-state index is -0.533. The second kappa shape index (κ2) is 6.37. The number of anilines is 1. The third-order valence-corrected chi connectivity index (χ3v) is 5.11. The van der Waals surface area contributed by atoms with Gasteiger partial charge in [0, 0.05) is 17.4 Å². The molecule has 128 valence electrons. The zero-order valence-electron chi connectivity index (χ0n) is 13.2. The van der Waals surface area contributed by atoms with Crippen LogP contribution >= 0.6 is 23.2 Å². The Morgan fingerprint density at radius 2 is 1.88 bits per heavy atom. The molecule has 2 aromatic carbocycles. The van der Waals surface area contributed by atoms with Crippen molar-refractivity contribution in [2.75, 3.05) is 5.32 Å². The highest BCUT2D eigenvalue weighted by Crippen LogP contribution is 2.40. The number of hydrogen-bond acceptors (Lipinski definition) is 3. The van der Waals surface area contributed by atoms with Crippen LogP contribution in [0.2, 0.25) is 10.0 Å². The van der Waals surface area contributed by atoms with E-state index in [4.69, 9.17) is 27.6 Å². The van der Waals surface area contributed by atoms with Crippen LogP contribution in [0.4, 0.5) is 5.69 Å². The van der Waals surface area contributed by atoms with E-state index < -0.39 is 12.0 Å². The topological polar surface area (TPSA) is 62.5 Å². The summed E-state index contributed by atoms with van der Waals surface area (Å²) < 4.78 is 5.95. The SMILES string of the molecule is O=C(Nc1cccc2c3c(oc12)CCCC3O)c1c(Cl)cccc1Cl. The minimum Gasteiger partial charge on any atom is -0.458 e. The number of fused-ring (bicyclic) bond motifs is 3. The molecule has 4 nitrogen and oxygen atoms in total. The lowest BCUT2D eigenvalue weighted by Crippen LogP contribution is -2.13. The Hall–Kier alpha value is -2.01. The van der Waals surface area contributed by atoms with Crippen LogP contribution in [-0.2, 0) is 6.42 Å². The first-order chi connectivity index (χ1) is 12.1. The smallest absolute Gasteiger partial charge is 0.258 e. The molecule has 25 heavy (non-hydrogen) atoms. The van der Waals surface area contributed by atoms with Crippen molar-refractivity contribution >= 4 is 45.8 Å². The van der Waals surface area contributed by atoms with Gasteiger partial charge in [-0.05, 0) is 31.0 Å². The van der Waals surface area contributed by atoms with Crippen LogP contribution in [0.25, 0.3) is 11.0 Å². The molecule has 0 saturated carbocycles. The molecule has 0 saturated heterocycles. The molecule has 3 aromatic rings. The average molecular weight is 376 g/mol. The van der Waals surface area contributed by atoms with Crippen LogP contribution in [0.5, 0.6) is 0 Å². The zero-order chi connectivity index (χ0) is 17.6. The number of hydrogen-bond donors (Lipinski definition) is 2. The maximum atomic E-state index is 12.6. The van der Waals surface area contributed by atoms with Crippen molar-refractivity contribution < 1.29 is 14.3 Å². The number of benzene rings is 2. The Morgan fingerprint density at radius 3 is 2.64 bits per heavy atom. The van der Waals surface area contributed by atoms with Crippen LogP contribution in [0.15, 0.2) is 40.8 Å². The number of carbonyl (C=O) groups excluding carboxylic acids is 1. The number of rotatable bonds is 2. The molecular weight excluding hydrogens is 361 g/mol. The van der Waals surface area contributed by atoms with Gasteiger partial charge >= 0.3 is 0 Å². The van der Waals surface area contributed by atoms with E-state index in [9.17, 15) is 9.90 Å². The number of aliphatic hydroxyl groups is 1. The lowest BCUT2D eigenvalue weighted by Gasteiger charge is -2.16. The van der Waals surface area contributed by atoms with Crippen LogP contribution in [0.3, 0.4) is 0 Å². The maximum Gasteiger partial charge on any atom is 0.258 e. The molecule has 0 fully saturated rings. The Kier molecular flexibility index (Phi) is 4.20. The number of nitrogens with one attached hydrogen (secondary N) is 1. The van der Waals surface area contributed by atoms with Crippen LogP contribution in [0, 0.1) is 0 Å². The van der Waals surface area contributed by atoms with Gasteiger partial charge in [-0.3, -0.25) is 4.79 Å². The normalized spacial score (nSPS) is 16.7. The van der Waals surface area contributed by atoms with Crippen molar-refractivity contribution in [3.8, 4) is 0 Å². The van der Waals surface area contributed by atoms with E-state index in [0.29, 0.717) is 17.7 Å². The van der Waals surface area contributed by atoms with Gasteiger partial charge in [0.25, 0.3) is 5.91 Å². The monoisotopic (exact) mass is 375 g/mol. The zero-order valence-corrected chi connectivity index (χ0v) is 14.7. The van der Waals surface area contributed by atoms with Crippen molar-refractivity contribution in [2.24, 2.45) is 0 Å². The number of halogens is 2. The fourth-order valence-electron chi connectivity index (χ4n) is 3.34. The van der Waals surface area contributed by atoms with Crippen molar-refractivity contribution in [1.82, 2.24) is 0 Å². The number of amides is 1. The number of furan rings is 1. The second-order valence-corrected chi connectivity index (χ2v) is 6.89. The highest BCUT2D eigenvalue weighted by molar-refractivity contribution is 6.40. The molecule has 1 amide bonds. The third kappa shape index (κ3) is 2.80. The first kappa shape index (κ1) is 16.5. The standard InChI is InChI=1S/C19H15Cl2NO3/c20-11-5-2-6-12(21)17(11)19(24)22-13-7-1-4-10-16-14(23)8-3-9-15(16)25-18(10)13/h1-2,4-7,14,23H,3,8-9H2,(H,22,24). The fourth-order valence-corrected chi connectivity index (χ4v) is 3.91. The van der Waals surface area contributed by atoms with Crippen LogP contribution < -0.4 is 5.32 Å². The molecule has 1 unspecified atom stereocenters. The van der Waals surface area contributed by atoms with Crippen molar-refractivity contribution in [3.63, 3.8) is 0 Å². The predicted molar refractivity (Wildman–Crippen MR) is 98.5 cm³/mol. The van der Waals surface area contributed by atoms with Gasteiger partial charge in [0.15, 0.2) is 5.58 Å². The number of para-hydroxylation sites is 1. The summed E-state index contributed by atoms with van der Waals surface area (Å²) in [5.74, 6) is 0.379. The molecule has 6 heteroatoms. The number of carbonyl (C=O) groups is 1. The van der Waals surface area contributed by atoms with E-state index in [0.717, 1.165) is 29.6 Å². The second-order valence-electron chi connectivity index (χ2n) is 6.08. The van der Waals surface area contributed by atoms with Gasteiger partial charge in [-0.2, -0.15) is 0 Å². The van der Waals surface area contributed by atoms with Gasteiger partial charge in [-0.15, -0.1) is 0 Å². The minimum absolute atomic E-state index is 0.221. The fraction of sp³-hybridized carbons (Fsp3) is 0.211. The van der Waals surface area contributed by atoms with Crippen molar-refractivity contribution in [2.45, 2.75) is 25.4 Å². The predicted octanol–water partition coefficient (Wildman–Crippen LogP) is 5.36. The summed E-state index contributed by atoms with van der Waals surface area (Å²) in [4.78, 5) is 12.6. The summed E-state index contributed by atoms with van der Waals surface area (Å²) in [5.41, 5.74) is 2.14. The largest absolute Gasteiger partial charge is 0.458 e. The molecule has 4 rings (SSSR count). The van der Waals surface area contributed by atoms with Gasteiger partial charge in [-0.25, -0.2) is 0 Å².